The van der Waals surface area contributed by atoms with Crippen LogP contribution in [0.3, 0.4) is 0 Å². The fourth-order valence-corrected chi connectivity index (χ4v) is 4.90. The summed E-state index contributed by atoms with van der Waals surface area (Å²) in [5, 5.41) is 0. The minimum Gasteiger partial charge on any atom is -0.120 e. The molecular weight excluding hydrogens is 384 g/mol. The van der Waals surface area contributed by atoms with Gasteiger partial charge in [0, 0.05) is 6.42 Å². The summed E-state index contributed by atoms with van der Waals surface area (Å²) in [7, 11) is 0. The molecule has 190 valence electrons. The van der Waals surface area contributed by atoms with Crippen molar-refractivity contribution in [3.63, 3.8) is 0 Å². The van der Waals surface area contributed by atoms with Gasteiger partial charge in [0.25, 0.3) is 0 Å². The van der Waals surface area contributed by atoms with Crippen LogP contribution < -0.4 is 0 Å². The summed E-state index contributed by atoms with van der Waals surface area (Å²) in [6.07, 6.45) is 47.0. The van der Waals surface area contributed by atoms with Crippen molar-refractivity contribution >= 4 is 0 Å². The molecule has 0 spiro atoms. The first kappa shape index (κ1) is 31.6. The van der Waals surface area contributed by atoms with Gasteiger partial charge in [-0.15, -0.1) is 12.3 Å². The standard InChI is InChI=1S/C32H62/c1-3-5-7-9-11-13-15-17-19-21-23-25-27-29-31-32-30-28-26-24-22-20-18-16-14-12-10-8-6-4-2/h1H,4-32H2,2H3. The molecule has 0 saturated heterocycles. The monoisotopic (exact) mass is 446 g/mol. The summed E-state index contributed by atoms with van der Waals surface area (Å²) in [4.78, 5) is 0. The van der Waals surface area contributed by atoms with E-state index >= 15 is 0 Å². The highest BCUT2D eigenvalue weighted by Gasteiger charge is 1.96. The van der Waals surface area contributed by atoms with E-state index in [2.05, 4.69) is 12.8 Å². The molecule has 0 saturated carbocycles. The number of unbranched alkanes of at least 4 members (excludes halogenated alkanes) is 28. The molecule has 0 N–H and O–H groups in total. The lowest BCUT2D eigenvalue weighted by molar-refractivity contribution is 0.514. The molecule has 0 aromatic heterocycles. The van der Waals surface area contributed by atoms with E-state index in [0.717, 1.165) is 6.42 Å². The molecule has 0 bridgehead atoms. The number of hydrogen-bond donors (Lipinski definition) is 0. The van der Waals surface area contributed by atoms with Gasteiger partial charge >= 0.3 is 0 Å². The number of hydrogen-bond acceptors (Lipinski definition) is 0. The fraction of sp³-hybridized carbons (Fsp3) is 0.938. The van der Waals surface area contributed by atoms with Crippen LogP contribution in [0, 0.1) is 12.3 Å². The van der Waals surface area contributed by atoms with E-state index in [9.17, 15) is 0 Å². The second-order valence-electron chi connectivity index (χ2n) is 10.5. The Hall–Kier alpha value is -0.440. The minimum absolute atomic E-state index is 0.972. The molecule has 0 aliphatic rings. The van der Waals surface area contributed by atoms with Crippen molar-refractivity contribution in [2.75, 3.05) is 0 Å². The normalized spacial score (nSPS) is 11.1. The van der Waals surface area contributed by atoms with Gasteiger partial charge in [0.15, 0.2) is 0 Å². The van der Waals surface area contributed by atoms with Crippen molar-refractivity contribution in [1.82, 2.24) is 0 Å². The first-order chi connectivity index (χ1) is 15.9. The molecule has 0 unspecified atom stereocenters. The maximum absolute atomic E-state index is 5.28. The van der Waals surface area contributed by atoms with Crippen LogP contribution in [0.15, 0.2) is 0 Å². The lowest BCUT2D eigenvalue weighted by atomic mass is 10.0. The van der Waals surface area contributed by atoms with Gasteiger partial charge in [0.2, 0.25) is 0 Å². The molecule has 0 fully saturated rings. The number of terminal acetylenes is 1. The van der Waals surface area contributed by atoms with Gasteiger partial charge < -0.3 is 0 Å². The predicted octanol–water partition coefficient (Wildman–Crippen LogP) is 12.0. The summed E-state index contributed by atoms with van der Waals surface area (Å²) in [6, 6.07) is 0. The molecule has 0 amide bonds. The summed E-state index contributed by atoms with van der Waals surface area (Å²) in [5.74, 6) is 2.74. The van der Waals surface area contributed by atoms with Gasteiger partial charge in [-0.25, -0.2) is 0 Å². The molecule has 0 rings (SSSR count). The Labute approximate surface area is 205 Å². The predicted molar refractivity (Wildman–Crippen MR) is 148 cm³/mol. The maximum atomic E-state index is 5.28. The van der Waals surface area contributed by atoms with Crippen LogP contribution >= 0.6 is 0 Å². The van der Waals surface area contributed by atoms with Crippen molar-refractivity contribution in [2.45, 2.75) is 193 Å². The molecule has 0 radical (unpaired) electrons. The topological polar surface area (TPSA) is 0 Å². The van der Waals surface area contributed by atoms with Crippen LogP contribution in [0.5, 0.6) is 0 Å². The zero-order valence-electron chi connectivity index (χ0n) is 22.6. The SMILES string of the molecule is C#CCCCCCCCCCCCCCCCCCCCCCCCCCCCCCC. The Morgan fingerprint density at radius 1 is 0.312 bits per heavy atom. The maximum Gasteiger partial charge on any atom is 0.00860 e. The third-order valence-corrected chi connectivity index (χ3v) is 7.17. The van der Waals surface area contributed by atoms with Crippen LogP contribution in [-0.2, 0) is 0 Å². The highest BCUT2D eigenvalue weighted by atomic mass is 14.0. The van der Waals surface area contributed by atoms with Crippen molar-refractivity contribution in [2.24, 2.45) is 0 Å². The van der Waals surface area contributed by atoms with Gasteiger partial charge in [0.05, 0.1) is 0 Å². The highest BCUT2D eigenvalue weighted by Crippen LogP contribution is 2.16. The lowest BCUT2D eigenvalue weighted by Crippen LogP contribution is -1.85. The van der Waals surface area contributed by atoms with Crippen LogP contribution in [-0.4, -0.2) is 0 Å². The van der Waals surface area contributed by atoms with Crippen molar-refractivity contribution < 1.29 is 0 Å². The average Bonchev–Trinajstić information content (AvgIpc) is 2.81. The Bertz CT molecular complexity index is 350. The zero-order chi connectivity index (χ0) is 23.2. The van der Waals surface area contributed by atoms with E-state index in [4.69, 9.17) is 6.42 Å². The second kappa shape index (κ2) is 30.6. The minimum atomic E-state index is 0.972. The summed E-state index contributed by atoms with van der Waals surface area (Å²) >= 11 is 0. The molecule has 0 aromatic carbocycles. The molecule has 0 atom stereocenters. The van der Waals surface area contributed by atoms with Crippen molar-refractivity contribution in [3.8, 4) is 12.3 Å². The quantitative estimate of drug-likeness (QED) is 0.0827. The van der Waals surface area contributed by atoms with Gasteiger partial charge in [-0.1, -0.05) is 180 Å². The highest BCUT2D eigenvalue weighted by molar-refractivity contribution is 4.82. The van der Waals surface area contributed by atoms with Crippen molar-refractivity contribution in [3.05, 3.63) is 0 Å². The summed E-state index contributed by atoms with van der Waals surface area (Å²) in [6.45, 7) is 2.30. The zero-order valence-corrected chi connectivity index (χ0v) is 22.6. The van der Waals surface area contributed by atoms with E-state index in [-0.39, 0.29) is 0 Å². The van der Waals surface area contributed by atoms with Gasteiger partial charge in [-0.3, -0.25) is 0 Å². The molecule has 0 heteroatoms. The van der Waals surface area contributed by atoms with Crippen LogP contribution in [0.1, 0.15) is 193 Å². The first-order valence-electron chi connectivity index (χ1n) is 15.3. The molecule has 0 nitrogen and oxygen atoms in total. The fourth-order valence-electron chi connectivity index (χ4n) is 4.90. The molecular formula is C32H62. The van der Waals surface area contributed by atoms with Crippen molar-refractivity contribution in [1.29, 1.82) is 0 Å². The van der Waals surface area contributed by atoms with E-state index in [1.165, 1.54) is 180 Å². The molecule has 0 aliphatic heterocycles. The van der Waals surface area contributed by atoms with Gasteiger partial charge in [0.1, 0.15) is 0 Å². The summed E-state index contributed by atoms with van der Waals surface area (Å²) < 4.78 is 0. The molecule has 0 aromatic rings. The van der Waals surface area contributed by atoms with Crippen LogP contribution in [0.25, 0.3) is 0 Å². The van der Waals surface area contributed by atoms with E-state index < -0.39 is 0 Å². The third kappa shape index (κ3) is 29.6. The first-order valence-corrected chi connectivity index (χ1v) is 15.3. The molecule has 32 heavy (non-hydrogen) atoms. The average molecular weight is 447 g/mol. The Kier molecular flexibility index (Phi) is 30.1. The number of rotatable bonds is 28. The Balaban J connectivity index is 2.99. The third-order valence-electron chi connectivity index (χ3n) is 7.17. The Morgan fingerprint density at radius 3 is 0.688 bits per heavy atom. The van der Waals surface area contributed by atoms with E-state index in [1.54, 1.807) is 0 Å². The summed E-state index contributed by atoms with van der Waals surface area (Å²) in [5.41, 5.74) is 0. The van der Waals surface area contributed by atoms with E-state index in [0.29, 0.717) is 0 Å². The second-order valence-corrected chi connectivity index (χ2v) is 10.5. The largest absolute Gasteiger partial charge is 0.120 e. The smallest absolute Gasteiger partial charge is 0.00860 e. The van der Waals surface area contributed by atoms with E-state index in [1.807, 2.05) is 0 Å². The lowest BCUT2D eigenvalue weighted by Gasteiger charge is -2.04. The van der Waals surface area contributed by atoms with Gasteiger partial charge in [-0.2, -0.15) is 0 Å². The Morgan fingerprint density at radius 2 is 0.500 bits per heavy atom. The van der Waals surface area contributed by atoms with Crippen LogP contribution in [0.4, 0.5) is 0 Å². The molecule has 0 heterocycles. The van der Waals surface area contributed by atoms with Crippen LogP contribution in [0.2, 0.25) is 0 Å². The molecule has 0 aliphatic carbocycles. The van der Waals surface area contributed by atoms with Gasteiger partial charge in [-0.05, 0) is 6.42 Å².